The van der Waals surface area contributed by atoms with Gasteiger partial charge in [0.05, 0.1) is 12.1 Å². The number of nitrogens with zero attached hydrogens (tertiary/aromatic N) is 1. The number of nitrogens with two attached hydrogens (primary N) is 1. The van der Waals surface area contributed by atoms with Gasteiger partial charge in [-0.05, 0) is 25.7 Å². The molecule has 112 valence electrons. The summed E-state index contributed by atoms with van der Waals surface area (Å²) < 4.78 is 5.67. The first-order valence-electron chi connectivity index (χ1n) is 7.21. The predicted molar refractivity (Wildman–Crippen MR) is 90.0 cm³/mol. The number of hydrogen-bond acceptors (Lipinski definition) is 2. The average Bonchev–Trinajstić information content (AvgIpc) is 3.16. The lowest BCUT2D eigenvalue weighted by molar-refractivity contribution is -0.156. The number of aliphatic imine (C=N–C) groups is 1. The summed E-state index contributed by atoms with van der Waals surface area (Å²) in [5, 5.41) is 3.28. The molecule has 3 atom stereocenters. The Morgan fingerprint density at radius 3 is 2.37 bits per heavy atom. The Bertz CT molecular complexity index is 327. The smallest absolute Gasteiger partial charge is 0.189 e. The molecule has 3 unspecified atom stereocenters. The van der Waals surface area contributed by atoms with Crippen molar-refractivity contribution in [3.05, 3.63) is 0 Å². The summed E-state index contributed by atoms with van der Waals surface area (Å²) in [6.07, 6.45) is 4.96. The molecule has 0 aliphatic heterocycles. The van der Waals surface area contributed by atoms with E-state index in [0.29, 0.717) is 30.1 Å². The van der Waals surface area contributed by atoms with Crippen LogP contribution in [0.25, 0.3) is 0 Å². The van der Waals surface area contributed by atoms with E-state index in [1.807, 2.05) is 7.11 Å². The van der Waals surface area contributed by atoms with Gasteiger partial charge in [0, 0.05) is 24.5 Å². The van der Waals surface area contributed by atoms with Crippen LogP contribution in [0.4, 0.5) is 0 Å². The number of hydrogen-bond donors (Lipinski definition) is 2. The molecule has 2 aliphatic carbocycles. The third-order valence-corrected chi connectivity index (χ3v) is 4.91. The van der Waals surface area contributed by atoms with E-state index in [1.165, 1.54) is 12.8 Å². The van der Waals surface area contributed by atoms with E-state index in [4.69, 9.17) is 15.5 Å². The van der Waals surface area contributed by atoms with Crippen molar-refractivity contribution < 1.29 is 4.74 Å². The van der Waals surface area contributed by atoms with Gasteiger partial charge in [0.25, 0.3) is 0 Å². The Labute approximate surface area is 134 Å². The Hall–Kier alpha value is -0.0400. The molecule has 0 bridgehead atoms. The van der Waals surface area contributed by atoms with Crippen molar-refractivity contribution >= 4 is 29.9 Å². The molecule has 2 rings (SSSR count). The zero-order chi connectivity index (χ0) is 13.3. The topological polar surface area (TPSA) is 59.6 Å². The zero-order valence-electron chi connectivity index (χ0n) is 12.5. The molecule has 2 saturated carbocycles. The average molecular weight is 381 g/mol. The van der Waals surface area contributed by atoms with Gasteiger partial charge in [-0.25, -0.2) is 4.99 Å². The van der Waals surface area contributed by atoms with E-state index in [1.54, 1.807) is 0 Å². The van der Waals surface area contributed by atoms with Crippen molar-refractivity contribution in [2.24, 2.45) is 22.1 Å². The number of guanidine groups is 1. The normalized spacial score (nSPS) is 33.3. The van der Waals surface area contributed by atoms with Crippen LogP contribution < -0.4 is 11.1 Å². The minimum absolute atomic E-state index is 0. The van der Waals surface area contributed by atoms with Crippen LogP contribution in [0.3, 0.4) is 0 Å². The van der Waals surface area contributed by atoms with Gasteiger partial charge in [-0.2, -0.15) is 0 Å². The second-order valence-electron chi connectivity index (χ2n) is 5.83. The third-order valence-electron chi connectivity index (χ3n) is 4.91. The number of ether oxygens (including phenoxy) is 1. The molecule has 0 aromatic carbocycles. The standard InChI is InChI=1S/C14H27N3O.HI/c1-5-14(6-2)11(9(3)12(14)18-4)17-13(15)16-10-7-8-10;/h9-12H,5-8H2,1-4H3,(H3,15,16,17);1H. The maximum Gasteiger partial charge on any atom is 0.189 e. The van der Waals surface area contributed by atoms with E-state index in [-0.39, 0.29) is 29.4 Å². The number of methoxy groups -OCH3 is 1. The number of nitrogens with one attached hydrogen (secondary N) is 1. The summed E-state index contributed by atoms with van der Waals surface area (Å²) in [6.45, 7) is 6.68. The second kappa shape index (κ2) is 6.61. The first kappa shape index (κ1) is 17.0. The van der Waals surface area contributed by atoms with Gasteiger partial charge < -0.3 is 15.8 Å². The van der Waals surface area contributed by atoms with Crippen LogP contribution >= 0.6 is 24.0 Å². The van der Waals surface area contributed by atoms with Crippen LogP contribution in [0.2, 0.25) is 0 Å². The molecule has 19 heavy (non-hydrogen) atoms. The summed E-state index contributed by atoms with van der Waals surface area (Å²) >= 11 is 0. The van der Waals surface area contributed by atoms with Gasteiger partial charge in [0.2, 0.25) is 0 Å². The minimum Gasteiger partial charge on any atom is -0.380 e. The van der Waals surface area contributed by atoms with Gasteiger partial charge in [0.1, 0.15) is 0 Å². The lowest BCUT2D eigenvalue weighted by Crippen LogP contribution is -2.63. The second-order valence-corrected chi connectivity index (χ2v) is 5.83. The molecule has 4 nitrogen and oxygen atoms in total. The van der Waals surface area contributed by atoms with Crippen LogP contribution in [0, 0.1) is 11.3 Å². The van der Waals surface area contributed by atoms with Gasteiger partial charge in [-0.3, -0.25) is 0 Å². The van der Waals surface area contributed by atoms with Crippen LogP contribution in [0.5, 0.6) is 0 Å². The van der Waals surface area contributed by atoms with E-state index in [2.05, 4.69) is 26.1 Å². The first-order chi connectivity index (χ1) is 8.58. The summed E-state index contributed by atoms with van der Waals surface area (Å²) in [5.41, 5.74) is 6.17. The summed E-state index contributed by atoms with van der Waals surface area (Å²) in [4.78, 5) is 4.74. The maximum absolute atomic E-state index is 6.00. The van der Waals surface area contributed by atoms with Gasteiger partial charge >= 0.3 is 0 Å². The zero-order valence-corrected chi connectivity index (χ0v) is 14.8. The maximum atomic E-state index is 6.00. The highest BCUT2D eigenvalue weighted by Crippen LogP contribution is 2.54. The molecule has 0 aromatic heterocycles. The Kier molecular flexibility index (Phi) is 5.92. The molecule has 3 N–H and O–H groups in total. The van der Waals surface area contributed by atoms with Crippen LogP contribution in [-0.2, 0) is 4.74 Å². The molecule has 0 heterocycles. The SMILES string of the molecule is CCC1(CC)C(N=C(N)NC2CC2)C(C)C1OC.I. The fourth-order valence-corrected chi connectivity index (χ4v) is 3.65. The molecule has 2 fully saturated rings. The molecule has 5 heteroatoms. The summed E-state index contributed by atoms with van der Waals surface area (Å²) in [7, 11) is 1.81. The third kappa shape index (κ3) is 3.01. The molecule has 0 amide bonds. The van der Waals surface area contributed by atoms with Crippen molar-refractivity contribution in [1.29, 1.82) is 0 Å². The van der Waals surface area contributed by atoms with E-state index in [0.717, 1.165) is 12.8 Å². The van der Waals surface area contributed by atoms with E-state index >= 15 is 0 Å². The van der Waals surface area contributed by atoms with Crippen molar-refractivity contribution in [1.82, 2.24) is 5.32 Å². The fraction of sp³-hybridized carbons (Fsp3) is 0.929. The fourth-order valence-electron chi connectivity index (χ4n) is 3.65. The Balaban J connectivity index is 0.00000180. The minimum atomic E-state index is 0. The van der Waals surface area contributed by atoms with Gasteiger partial charge in [0.15, 0.2) is 5.96 Å². The van der Waals surface area contributed by atoms with Crippen molar-refractivity contribution in [3.8, 4) is 0 Å². The van der Waals surface area contributed by atoms with Crippen molar-refractivity contribution in [3.63, 3.8) is 0 Å². The molecule has 0 spiro atoms. The van der Waals surface area contributed by atoms with Crippen LogP contribution in [0.1, 0.15) is 46.5 Å². The highest BCUT2D eigenvalue weighted by molar-refractivity contribution is 14.0. The highest BCUT2D eigenvalue weighted by atomic mass is 127. The number of rotatable bonds is 5. The summed E-state index contributed by atoms with van der Waals surface area (Å²) in [6, 6.07) is 0.865. The molecule has 0 radical (unpaired) electrons. The van der Waals surface area contributed by atoms with Crippen molar-refractivity contribution in [2.45, 2.75) is 64.6 Å². The highest BCUT2D eigenvalue weighted by Gasteiger charge is 2.58. The van der Waals surface area contributed by atoms with Crippen LogP contribution in [0.15, 0.2) is 4.99 Å². The molecular formula is C14H28IN3O. The predicted octanol–water partition coefficient (Wildman–Crippen LogP) is 2.51. The molecule has 2 aliphatic rings. The van der Waals surface area contributed by atoms with E-state index in [9.17, 15) is 0 Å². The van der Waals surface area contributed by atoms with Gasteiger partial charge in [-0.1, -0.05) is 20.8 Å². The quantitative estimate of drug-likeness (QED) is 0.437. The lowest BCUT2D eigenvalue weighted by atomic mass is 9.53. The Morgan fingerprint density at radius 2 is 1.95 bits per heavy atom. The first-order valence-corrected chi connectivity index (χ1v) is 7.21. The Morgan fingerprint density at radius 1 is 1.37 bits per heavy atom. The molecular weight excluding hydrogens is 353 g/mol. The molecule has 0 aromatic rings. The number of halogens is 1. The molecule has 0 saturated heterocycles. The largest absolute Gasteiger partial charge is 0.380 e. The van der Waals surface area contributed by atoms with Crippen LogP contribution in [-0.4, -0.2) is 31.3 Å². The monoisotopic (exact) mass is 381 g/mol. The van der Waals surface area contributed by atoms with Crippen molar-refractivity contribution in [2.75, 3.05) is 7.11 Å². The lowest BCUT2D eigenvalue weighted by Gasteiger charge is -2.57. The summed E-state index contributed by atoms with van der Waals surface area (Å²) in [5.74, 6) is 1.07. The van der Waals surface area contributed by atoms with Gasteiger partial charge in [-0.15, -0.1) is 24.0 Å². The van der Waals surface area contributed by atoms with E-state index < -0.39 is 0 Å².